The lowest BCUT2D eigenvalue weighted by Gasteiger charge is -2.39. The maximum absolute atomic E-state index is 12.8. The summed E-state index contributed by atoms with van der Waals surface area (Å²) in [5.41, 5.74) is 1.09. The molecular formula is C20H29FN2O2. The summed E-state index contributed by atoms with van der Waals surface area (Å²) in [7, 11) is 0. The first-order valence-electron chi connectivity index (χ1n) is 9.15. The highest BCUT2D eigenvalue weighted by molar-refractivity contribution is 6.35. The number of hydrogen-bond donors (Lipinski definition) is 2. The van der Waals surface area contributed by atoms with E-state index in [2.05, 4.69) is 31.4 Å². The highest BCUT2D eigenvalue weighted by Gasteiger charge is 2.32. The van der Waals surface area contributed by atoms with Gasteiger partial charge in [-0.05, 0) is 54.7 Å². The molecule has 0 heterocycles. The van der Waals surface area contributed by atoms with E-state index in [0.29, 0.717) is 11.3 Å². The van der Waals surface area contributed by atoms with Crippen molar-refractivity contribution in [2.75, 3.05) is 0 Å². The summed E-state index contributed by atoms with van der Waals surface area (Å²) in [5.74, 6) is -0.867. The van der Waals surface area contributed by atoms with Gasteiger partial charge in [-0.3, -0.25) is 9.59 Å². The first-order valence-corrected chi connectivity index (χ1v) is 9.15. The Hall–Kier alpha value is -1.91. The monoisotopic (exact) mass is 348 g/mol. The molecule has 138 valence electrons. The van der Waals surface area contributed by atoms with Crippen molar-refractivity contribution >= 4 is 11.8 Å². The van der Waals surface area contributed by atoms with Crippen LogP contribution in [0.5, 0.6) is 0 Å². The Balaban J connectivity index is 1.74. The molecule has 1 fully saturated rings. The van der Waals surface area contributed by atoms with Crippen LogP contribution in [-0.4, -0.2) is 17.9 Å². The van der Waals surface area contributed by atoms with Crippen molar-refractivity contribution in [1.29, 1.82) is 0 Å². The van der Waals surface area contributed by atoms with E-state index in [-0.39, 0.29) is 18.4 Å². The largest absolute Gasteiger partial charge is 0.345 e. The zero-order chi connectivity index (χ0) is 18.4. The van der Waals surface area contributed by atoms with Crippen LogP contribution in [0.2, 0.25) is 0 Å². The van der Waals surface area contributed by atoms with Crippen molar-refractivity contribution in [3.63, 3.8) is 0 Å². The van der Waals surface area contributed by atoms with E-state index in [0.717, 1.165) is 37.7 Å². The summed E-state index contributed by atoms with van der Waals surface area (Å²) in [6, 6.07) is 5.91. The lowest BCUT2D eigenvalue weighted by Crippen LogP contribution is -2.46. The van der Waals surface area contributed by atoms with Crippen molar-refractivity contribution in [2.45, 2.75) is 65.5 Å². The number of amides is 2. The van der Waals surface area contributed by atoms with Crippen LogP contribution in [0.4, 0.5) is 4.39 Å². The first kappa shape index (κ1) is 19.4. The molecule has 0 spiro atoms. The van der Waals surface area contributed by atoms with E-state index in [9.17, 15) is 14.0 Å². The van der Waals surface area contributed by atoms with Gasteiger partial charge in [0.1, 0.15) is 5.82 Å². The third-order valence-electron chi connectivity index (χ3n) is 5.65. The van der Waals surface area contributed by atoms with Crippen molar-refractivity contribution in [1.82, 2.24) is 10.6 Å². The Morgan fingerprint density at radius 2 is 1.68 bits per heavy atom. The minimum absolute atomic E-state index is 0.0768. The molecule has 1 aliphatic rings. The molecule has 1 aliphatic carbocycles. The lowest BCUT2D eigenvalue weighted by atomic mass is 9.69. The Morgan fingerprint density at radius 3 is 2.24 bits per heavy atom. The molecule has 0 aromatic heterocycles. The molecule has 5 heteroatoms. The Kier molecular flexibility index (Phi) is 6.57. The Morgan fingerprint density at radius 1 is 1.08 bits per heavy atom. The lowest BCUT2D eigenvalue weighted by molar-refractivity contribution is -0.139. The summed E-state index contributed by atoms with van der Waals surface area (Å²) in [5, 5.41) is 5.42. The maximum atomic E-state index is 12.8. The number of rotatable bonds is 5. The van der Waals surface area contributed by atoms with Crippen molar-refractivity contribution in [3.05, 3.63) is 35.6 Å². The Labute approximate surface area is 149 Å². The van der Waals surface area contributed by atoms with Crippen LogP contribution >= 0.6 is 0 Å². The van der Waals surface area contributed by atoms with Gasteiger partial charge < -0.3 is 10.6 Å². The zero-order valence-electron chi connectivity index (χ0n) is 15.4. The second-order valence-electron chi connectivity index (χ2n) is 7.67. The van der Waals surface area contributed by atoms with Crippen molar-refractivity contribution in [3.8, 4) is 0 Å². The molecule has 0 bridgehead atoms. The summed E-state index contributed by atoms with van der Waals surface area (Å²) >= 11 is 0. The molecule has 0 radical (unpaired) electrons. The first-order chi connectivity index (χ1) is 11.8. The minimum Gasteiger partial charge on any atom is -0.345 e. The molecule has 2 amide bonds. The van der Waals surface area contributed by atoms with Gasteiger partial charge in [-0.25, -0.2) is 4.39 Å². The number of nitrogens with one attached hydrogen (secondary N) is 2. The van der Waals surface area contributed by atoms with Gasteiger partial charge in [0.15, 0.2) is 0 Å². The fraction of sp³-hybridized carbons (Fsp3) is 0.600. The zero-order valence-corrected chi connectivity index (χ0v) is 15.4. The van der Waals surface area contributed by atoms with E-state index < -0.39 is 11.8 Å². The molecule has 4 nitrogen and oxygen atoms in total. The summed E-state index contributed by atoms with van der Waals surface area (Å²) in [6.45, 7) is 7.04. The van der Waals surface area contributed by atoms with Gasteiger partial charge in [-0.1, -0.05) is 39.3 Å². The predicted molar refractivity (Wildman–Crippen MR) is 96.2 cm³/mol. The molecule has 0 atom stereocenters. The molecule has 0 unspecified atom stereocenters. The van der Waals surface area contributed by atoms with E-state index in [1.807, 2.05) is 0 Å². The average Bonchev–Trinajstić information content (AvgIpc) is 2.61. The molecule has 0 saturated heterocycles. The number of carbonyl (C=O) groups is 2. The van der Waals surface area contributed by atoms with Crippen molar-refractivity contribution in [2.24, 2.45) is 11.3 Å². The van der Waals surface area contributed by atoms with Crippen LogP contribution in [-0.2, 0) is 16.1 Å². The predicted octanol–water partition coefficient (Wildman–Crippen LogP) is 3.55. The smallest absolute Gasteiger partial charge is 0.309 e. The van der Waals surface area contributed by atoms with Gasteiger partial charge in [0.05, 0.1) is 0 Å². The number of carbonyl (C=O) groups excluding carboxylic acids is 2. The van der Waals surface area contributed by atoms with Gasteiger partial charge in [0.2, 0.25) is 0 Å². The molecule has 2 N–H and O–H groups in total. The summed E-state index contributed by atoms with van der Waals surface area (Å²) in [4.78, 5) is 24.0. The molecular weight excluding hydrogens is 319 g/mol. The molecule has 25 heavy (non-hydrogen) atoms. The molecule has 0 aliphatic heterocycles. The number of halogens is 1. The van der Waals surface area contributed by atoms with E-state index >= 15 is 0 Å². The second-order valence-corrected chi connectivity index (χ2v) is 7.67. The molecule has 1 aromatic carbocycles. The number of benzene rings is 1. The minimum atomic E-state index is -0.639. The van der Waals surface area contributed by atoms with E-state index in [1.165, 1.54) is 12.1 Å². The number of hydrogen-bond acceptors (Lipinski definition) is 2. The van der Waals surface area contributed by atoms with Crippen LogP contribution < -0.4 is 10.6 Å². The highest BCUT2D eigenvalue weighted by Crippen LogP contribution is 2.40. The topological polar surface area (TPSA) is 58.2 Å². The summed E-state index contributed by atoms with van der Waals surface area (Å²) in [6.07, 6.45) is 5.17. The van der Waals surface area contributed by atoms with Gasteiger partial charge in [-0.15, -0.1) is 0 Å². The third kappa shape index (κ3) is 5.55. The van der Waals surface area contributed by atoms with Crippen LogP contribution in [0.15, 0.2) is 24.3 Å². The quantitative estimate of drug-likeness (QED) is 0.800. The average molecular weight is 348 g/mol. The fourth-order valence-electron chi connectivity index (χ4n) is 3.42. The van der Waals surface area contributed by atoms with Gasteiger partial charge in [-0.2, -0.15) is 0 Å². The normalized spacial score (nSPS) is 20.8. The van der Waals surface area contributed by atoms with Crippen molar-refractivity contribution < 1.29 is 14.0 Å². The maximum Gasteiger partial charge on any atom is 0.309 e. The highest BCUT2D eigenvalue weighted by atomic mass is 19.1. The molecule has 1 aromatic rings. The SMILES string of the molecule is CCC(C)(C)C1CCC(NC(=O)C(=O)NCc2ccc(F)cc2)CC1. The van der Waals surface area contributed by atoms with Gasteiger partial charge in [0, 0.05) is 12.6 Å². The van der Waals surface area contributed by atoms with Crippen LogP contribution in [0, 0.1) is 17.2 Å². The fourth-order valence-corrected chi connectivity index (χ4v) is 3.42. The van der Waals surface area contributed by atoms with Crippen LogP contribution in [0.1, 0.15) is 58.4 Å². The third-order valence-corrected chi connectivity index (χ3v) is 5.65. The van der Waals surface area contributed by atoms with Gasteiger partial charge >= 0.3 is 11.8 Å². The summed E-state index contributed by atoms with van der Waals surface area (Å²) < 4.78 is 12.8. The van der Waals surface area contributed by atoms with Crippen LogP contribution in [0.25, 0.3) is 0 Å². The Bertz CT molecular complexity index is 590. The standard InChI is InChI=1S/C20H29FN2O2/c1-4-20(2,3)15-7-11-17(12-8-15)23-19(25)18(24)22-13-14-5-9-16(21)10-6-14/h5-6,9-10,15,17H,4,7-8,11-13H2,1-3H3,(H,22,24)(H,23,25). The molecule has 1 saturated carbocycles. The van der Waals surface area contributed by atoms with Crippen LogP contribution in [0.3, 0.4) is 0 Å². The van der Waals surface area contributed by atoms with E-state index in [4.69, 9.17) is 0 Å². The molecule has 2 rings (SSSR count). The van der Waals surface area contributed by atoms with E-state index in [1.54, 1.807) is 12.1 Å². The second kappa shape index (κ2) is 8.45. The van der Waals surface area contributed by atoms with Gasteiger partial charge in [0.25, 0.3) is 0 Å².